The van der Waals surface area contributed by atoms with Crippen LogP contribution in [0.3, 0.4) is 0 Å². The molecule has 2 aromatic rings. The first kappa shape index (κ1) is 20.9. The highest BCUT2D eigenvalue weighted by Crippen LogP contribution is 2.21. The van der Waals surface area contributed by atoms with Crippen molar-refractivity contribution in [1.29, 1.82) is 0 Å². The Morgan fingerprint density at radius 1 is 0.818 bits per heavy atom. The van der Waals surface area contributed by atoms with Crippen LogP contribution in [0, 0.1) is 0 Å². The monoisotopic (exact) mass is 340 g/mol. The highest BCUT2D eigenvalue weighted by Gasteiger charge is 2.14. The predicted octanol–water partition coefficient (Wildman–Crippen LogP) is 4.16. The molecule has 0 amide bonds. The zero-order chi connectivity index (χ0) is 14.4. The second-order valence-electron chi connectivity index (χ2n) is 5.48. The van der Waals surface area contributed by atoms with Crippen molar-refractivity contribution >= 4 is 24.8 Å². The van der Waals surface area contributed by atoms with Gasteiger partial charge in [0, 0.05) is 12.6 Å². The van der Waals surface area contributed by atoms with Crippen molar-refractivity contribution in [2.75, 3.05) is 20.6 Å². The minimum absolute atomic E-state index is 0. The van der Waals surface area contributed by atoms with Crippen molar-refractivity contribution < 1.29 is 0 Å². The summed E-state index contributed by atoms with van der Waals surface area (Å²) >= 11 is 0. The van der Waals surface area contributed by atoms with Gasteiger partial charge in [0.15, 0.2) is 0 Å². The summed E-state index contributed by atoms with van der Waals surface area (Å²) in [6.45, 7) is 3.20. The first-order valence-electron chi connectivity index (χ1n) is 7.18. The van der Waals surface area contributed by atoms with Gasteiger partial charge in [-0.05, 0) is 32.1 Å². The maximum absolute atomic E-state index is 3.69. The van der Waals surface area contributed by atoms with Gasteiger partial charge in [-0.15, -0.1) is 24.8 Å². The Labute approximate surface area is 146 Å². The van der Waals surface area contributed by atoms with E-state index in [1.54, 1.807) is 0 Å². The molecule has 0 aliphatic carbocycles. The molecule has 0 aromatic heterocycles. The molecule has 0 aliphatic heterocycles. The molecule has 0 radical (unpaired) electrons. The summed E-state index contributed by atoms with van der Waals surface area (Å²) in [4.78, 5) is 2.24. The molecule has 2 nitrogen and oxygen atoms in total. The maximum atomic E-state index is 3.69. The molecule has 0 saturated heterocycles. The van der Waals surface area contributed by atoms with Gasteiger partial charge >= 0.3 is 0 Å². The molecule has 0 saturated carbocycles. The highest BCUT2D eigenvalue weighted by molar-refractivity contribution is 5.85. The molecule has 2 aromatic carbocycles. The van der Waals surface area contributed by atoms with Gasteiger partial charge in [-0.25, -0.2) is 0 Å². The molecule has 0 fully saturated rings. The zero-order valence-electron chi connectivity index (χ0n) is 13.4. The van der Waals surface area contributed by atoms with Crippen LogP contribution in [0.25, 0.3) is 0 Å². The van der Waals surface area contributed by atoms with Gasteiger partial charge in [0.1, 0.15) is 0 Å². The van der Waals surface area contributed by atoms with E-state index in [9.17, 15) is 0 Å². The lowest BCUT2D eigenvalue weighted by Gasteiger charge is -2.25. The molecule has 0 bridgehead atoms. The number of halogens is 2. The van der Waals surface area contributed by atoms with Crippen LogP contribution in [-0.4, -0.2) is 31.6 Å². The Kier molecular flexibility index (Phi) is 10.1. The third-order valence-electron chi connectivity index (χ3n) is 3.76. The van der Waals surface area contributed by atoms with E-state index < -0.39 is 0 Å². The molecule has 1 unspecified atom stereocenters. The number of benzene rings is 2. The second kappa shape index (κ2) is 10.6. The van der Waals surface area contributed by atoms with Gasteiger partial charge < -0.3 is 10.2 Å². The van der Waals surface area contributed by atoms with Crippen LogP contribution in [0.2, 0.25) is 0 Å². The average molecular weight is 341 g/mol. The lowest BCUT2D eigenvalue weighted by atomic mass is 9.98. The summed E-state index contributed by atoms with van der Waals surface area (Å²) in [5, 5.41) is 3.69. The van der Waals surface area contributed by atoms with E-state index >= 15 is 0 Å². The first-order valence-corrected chi connectivity index (χ1v) is 7.18. The minimum atomic E-state index is 0. The standard InChI is InChI=1S/C18H24N2.2ClH/c1-15(20(2)3)14-19-18(16-10-6-4-7-11-16)17-12-8-5-9-13-17;;/h4-13,15,18-19H,14H2,1-3H3;2*1H. The van der Waals surface area contributed by atoms with Crippen LogP contribution in [0.4, 0.5) is 0 Å². The first-order chi connectivity index (χ1) is 9.68. The minimum Gasteiger partial charge on any atom is -0.305 e. The summed E-state index contributed by atoms with van der Waals surface area (Å²) in [6.07, 6.45) is 0. The molecule has 0 aliphatic rings. The molecule has 2 rings (SSSR count). The summed E-state index contributed by atoms with van der Waals surface area (Å²) in [5.74, 6) is 0. The molecule has 22 heavy (non-hydrogen) atoms. The number of hydrogen-bond acceptors (Lipinski definition) is 2. The van der Waals surface area contributed by atoms with E-state index in [4.69, 9.17) is 0 Å². The van der Waals surface area contributed by atoms with E-state index in [0.717, 1.165) is 6.54 Å². The van der Waals surface area contributed by atoms with Crippen LogP contribution in [0.5, 0.6) is 0 Å². The lowest BCUT2D eigenvalue weighted by Crippen LogP contribution is -2.37. The Bertz CT molecular complexity index is 464. The molecular weight excluding hydrogens is 315 g/mol. The van der Waals surface area contributed by atoms with Gasteiger partial charge in [-0.2, -0.15) is 0 Å². The van der Waals surface area contributed by atoms with Crippen molar-refractivity contribution in [2.45, 2.75) is 19.0 Å². The van der Waals surface area contributed by atoms with Crippen molar-refractivity contribution in [2.24, 2.45) is 0 Å². The zero-order valence-corrected chi connectivity index (χ0v) is 15.0. The smallest absolute Gasteiger partial charge is 0.0577 e. The average Bonchev–Trinajstić information content (AvgIpc) is 2.49. The van der Waals surface area contributed by atoms with E-state index in [0.29, 0.717) is 6.04 Å². The number of rotatable bonds is 6. The maximum Gasteiger partial charge on any atom is 0.0577 e. The summed E-state index contributed by atoms with van der Waals surface area (Å²) < 4.78 is 0. The Morgan fingerprint density at radius 2 is 1.23 bits per heavy atom. The molecule has 1 N–H and O–H groups in total. The van der Waals surface area contributed by atoms with Gasteiger partial charge in [0.2, 0.25) is 0 Å². The third kappa shape index (κ3) is 5.98. The lowest BCUT2D eigenvalue weighted by molar-refractivity contribution is 0.298. The highest BCUT2D eigenvalue weighted by atomic mass is 35.5. The molecule has 122 valence electrons. The van der Waals surface area contributed by atoms with Crippen LogP contribution >= 0.6 is 24.8 Å². The van der Waals surface area contributed by atoms with E-state index in [1.165, 1.54) is 11.1 Å². The van der Waals surface area contributed by atoms with Crippen molar-refractivity contribution in [1.82, 2.24) is 10.2 Å². The second-order valence-corrected chi connectivity index (χ2v) is 5.48. The predicted molar refractivity (Wildman–Crippen MR) is 100 cm³/mol. The van der Waals surface area contributed by atoms with E-state index in [-0.39, 0.29) is 30.9 Å². The summed E-state index contributed by atoms with van der Waals surface area (Å²) in [5.41, 5.74) is 2.62. The fourth-order valence-electron chi connectivity index (χ4n) is 2.19. The largest absolute Gasteiger partial charge is 0.305 e. The molecular formula is C18H26Cl2N2. The Hall–Kier alpha value is -1.06. The molecule has 4 heteroatoms. The number of likely N-dealkylation sites (N-methyl/N-ethyl adjacent to an activating group) is 1. The van der Waals surface area contributed by atoms with Crippen molar-refractivity contribution in [3.8, 4) is 0 Å². The fourth-order valence-corrected chi connectivity index (χ4v) is 2.19. The third-order valence-corrected chi connectivity index (χ3v) is 3.76. The van der Waals surface area contributed by atoms with E-state index in [1.807, 2.05) is 0 Å². The van der Waals surface area contributed by atoms with Gasteiger partial charge in [0.25, 0.3) is 0 Å². The number of hydrogen-bond donors (Lipinski definition) is 1. The van der Waals surface area contributed by atoms with Crippen molar-refractivity contribution in [3.63, 3.8) is 0 Å². The summed E-state index contributed by atoms with van der Waals surface area (Å²) in [7, 11) is 4.23. The quantitative estimate of drug-likeness (QED) is 0.849. The Balaban J connectivity index is 0.00000220. The van der Waals surface area contributed by atoms with Crippen LogP contribution in [0.15, 0.2) is 60.7 Å². The number of nitrogens with zero attached hydrogens (tertiary/aromatic N) is 1. The topological polar surface area (TPSA) is 15.3 Å². The fraction of sp³-hybridized carbons (Fsp3) is 0.333. The van der Waals surface area contributed by atoms with Crippen LogP contribution in [-0.2, 0) is 0 Å². The molecule has 0 heterocycles. The molecule has 1 atom stereocenters. The van der Waals surface area contributed by atoms with E-state index in [2.05, 4.69) is 91.9 Å². The number of nitrogens with one attached hydrogen (secondary N) is 1. The van der Waals surface area contributed by atoms with Gasteiger partial charge in [-0.3, -0.25) is 0 Å². The van der Waals surface area contributed by atoms with Crippen LogP contribution in [0.1, 0.15) is 24.1 Å². The van der Waals surface area contributed by atoms with Crippen LogP contribution < -0.4 is 5.32 Å². The SMILES string of the molecule is CC(CNC(c1ccccc1)c1ccccc1)N(C)C.Cl.Cl. The Morgan fingerprint density at radius 3 is 1.59 bits per heavy atom. The van der Waals surface area contributed by atoms with Gasteiger partial charge in [-0.1, -0.05) is 60.7 Å². The summed E-state index contributed by atoms with van der Waals surface area (Å²) in [6, 6.07) is 22.0. The normalized spacial score (nSPS) is 11.7. The molecule has 0 spiro atoms. The van der Waals surface area contributed by atoms with Gasteiger partial charge in [0.05, 0.1) is 6.04 Å². The van der Waals surface area contributed by atoms with Crippen molar-refractivity contribution in [3.05, 3.63) is 71.8 Å².